The summed E-state index contributed by atoms with van der Waals surface area (Å²) < 4.78 is 3.84. The SMILES string of the molecule is CC1CCC(NC(=O)Cn2c(=O)c3c(ncn3C)n(C)c2=O)CC1. The van der Waals surface area contributed by atoms with Crippen LogP contribution in [-0.2, 0) is 25.4 Å². The smallest absolute Gasteiger partial charge is 0.332 e. The van der Waals surface area contributed by atoms with Crippen LogP contribution < -0.4 is 16.6 Å². The molecule has 8 heteroatoms. The van der Waals surface area contributed by atoms with Crippen molar-refractivity contribution in [2.24, 2.45) is 20.0 Å². The van der Waals surface area contributed by atoms with E-state index in [2.05, 4.69) is 17.2 Å². The lowest BCUT2D eigenvalue weighted by molar-refractivity contribution is -0.122. The van der Waals surface area contributed by atoms with E-state index in [0.717, 1.165) is 30.3 Å². The van der Waals surface area contributed by atoms with Crippen LogP contribution in [0.3, 0.4) is 0 Å². The van der Waals surface area contributed by atoms with Gasteiger partial charge in [0.15, 0.2) is 11.2 Å². The van der Waals surface area contributed by atoms with Crippen molar-refractivity contribution in [3.05, 3.63) is 27.2 Å². The zero-order chi connectivity index (χ0) is 17.4. The molecule has 1 saturated carbocycles. The van der Waals surface area contributed by atoms with Crippen molar-refractivity contribution in [2.75, 3.05) is 0 Å². The molecule has 1 N–H and O–H groups in total. The van der Waals surface area contributed by atoms with Crippen molar-refractivity contribution >= 4 is 17.1 Å². The molecule has 1 aliphatic rings. The van der Waals surface area contributed by atoms with Gasteiger partial charge in [-0.25, -0.2) is 14.3 Å². The van der Waals surface area contributed by atoms with Crippen LogP contribution in [0.2, 0.25) is 0 Å². The van der Waals surface area contributed by atoms with Crippen LogP contribution in [-0.4, -0.2) is 30.6 Å². The third kappa shape index (κ3) is 2.88. The minimum absolute atomic E-state index is 0.133. The van der Waals surface area contributed by atoms with Gasteiger partial charge in [-0.1, -0.05) is 6.92 Å². The molecule has 0 aromatic carbocycles. The first-order valence-electron chi connectivity index (χ1n) is 8.28. The fraction of sp³-hybridized carbons (Fsp3) is 0.625. The zero-order valence-electron chi connectivity index (χ0n) is 14.3. The van der Waals surface area contributed by atoms with E-state index in [1.807, 2.05) is 0 Å². The highest BCUT2D eigenvalue weighted by Gasteiger charge is 2.21. The molecule has 8 nitrogen and oxygen atoms in total. The summed E-state index contributed by atoms with van der Waals surface area (Å²) in [6.45, 7) is 1.95. The van der Waals surface area contributed by atoms with Crippen LogP contribution in [0.15, 0.2) is 15.9 Å². The number of aromatic nitrogens is 4. The molecule has 3 rings (SSSR count). The Hall–Kier alpha value is -2.38. The van der Waals surface area contributed by atoms with Crippen molar-refractivity contribution in [1.82, 2.24) is 24.0 Å². The van der Waals surface area contributed by atoms with Crippen molar-refractivity contribution in [1.29, 1.82) is 0 Å². The minimum atomic E-state index is -0.529. The summed E-state index contributed by atoms with van der Waals surface area (Å²) in [4.78, 5) is 41.3. The van der Waals surface area contributed by atoms with Gasteiger partial charge < -0.3 is 9.88 Å². The predicted molar refractivity (Wildman–Crippen MR) is 89.8 cm³/mol. The topological polar surface area (TPSA) is 90.9 Å². The third-order valence-corrected chi connectivity index (χ3v) is 4.88. The largest absolute Gasteiger partial charge is 0.352 e. The molecule has 1 aliphatic carbocycles. The summed E-state index contributed by atoms with van der Waals surface area (Å²) in [5.41, 5.74) is -0.374. The minimum Gasteiger partial charge on any atom is -0.352 e. The molecule has 0 radical (unpaired) electrons. The molecule has 1 fully saturated rings. The average molecular weight is 333 g/mol. The van der Waals surface area contributed by atoms with E-state index in [9.17, 15) is 14.4 Å². The molecule has 2 aromatic rings. The highest BCUT2D eigenvalue weighted by molar-refractivity contribution is 5.77. The van der Waals surface area contributed by atoms with Gasteiger partial charge in [0.05, 0.1) is 6.33 Å². The molecule has 2 aromatic heterocycles. The maximum absolute atomic E-state index is 12.6. The molecule has 1 amide bonds. The predicted octanol–water partition coefficient (Wildman–Crippen LogP) is 0.129. The number of hydrogen-bond acceptors (Lipinski definition) is 4. The Kier molecular flexibility index (Phi) is 4.29. The third-order valence-electron chi connectivity index (χ3n) is 4.88. The van der Waals surface area contributed by atoms with Gasteiger partial charge in [0.1, 0.15) is 6.54 Å². The Labute approximate surface area is 139 Å². The summed E-state index contributed by atoms with van der Waals surface area (Å²) in [5, 5.41) is 2.95. The summed E-state index contributed by atoms with van der Waals surface area (Å²) >= 11 is 0. The van der Waals surface area contributed by atoms with E-state index < -0.39 is 11.2 Å². The standard InChI is InChI=1S/C16H23N5O3/c1-10-4-6-11(7-5-10)18-12(22)8-21-15(23)13-14(17-9-19(13)2)20(3)16(21)24/h9-11H,4-8H2,1-3H3,(H,18,22). The summed E-state index contributed by atoms with van der Waals surface area (Å²) in [6.07, 6.45) is 5.56. The average Bonchev–Trinajstić information content (AvgIpc) is 2.94. The number of aryl methyl sites for hydroxylation is 2. The van der Waals surface area contributed by atoms with Crippen LogP contribution in [0.25, 0.3) is 11.2 Å². The summed E-state index contributed by atoms with van der Waals surface area (Å²) in [6, 6.07) is 0.133. The molecule has 0 unspecified atom stereocenters. The number of carbonyl (C=O) groups is 1. The highest BCUT2D eigenvalue weighted by atomic mass is 16.2. The van der Waals surface area contributed by atoms with Gasteiger partial charge in [0, 0.05) is 20.1 Å². The van der Waals surface area contributed by atoms with Gasteiger partial charge in [-0.15, -0.1) is 0 Å². The number of hydrogen-bond donors (Lipinski definition) is 1. The Bertz CT molecular complexity index is 883. The molecule has 0 aliphatic heterocycles. The van der Waals surface area contributed by atoms with E-state index in [-0.39, 0.29) is 18.5 Å². The number of imidazole rings is 1. The molecular weight excluding hydrogens is 310 g/mol. The van der Waals surface area contributed by atoms with E-state index in [1.54, 1.807) is 18.7 Å². The number of nitrogens with zero attached hydrogens (tertiary/aromatic N) is 4. The molecule has 0 saturated heterocycles. The first-order chi connectivity index (χ1) is 11.4. The van der Waals surface area contributed by atoms with Crippen molar-refractivity contribution < 1.29 is 4.79 Å². The van der Waals surface area contributed by atoms with Crippen LogP contribution in [0.4, 0.5) is 0 Å². The second kappa shape index (κ2) is 6.26. The lowest BCUT2D eigenvalue weighted by atomic mass is 9.87. The molecule has 2 heterocycles. The summed E-state index contributed by atoms with van der Waals surface area (Å²) in [5.74, 6) is 0.399. The fourth-order valence-electron chi connectivity index (χ4n) is 3.36. The van der Waals surface area contributed by atoms with Crippen molar-refractivity contribution in [3.63, 3.8) is 0 Å². The van der Waals surface area contributed by atoms with Crippen LogP contribution in [0.1, 0.15) is 32.6 Å². The number of amides is 1. The Morgan fingerprint density at radius 1 is 1.25 bits per heavy atom. The van der Waals surface area contributed by atoms with E-state index in [1.165, 1.54) is 10.9 Å². The maximum Gasteiger partial charge on any atom is 0.332 e. The van der Waals surface area contributed by atoms with Gasteiger partial charge in [-0.2, -0.15) is 0 Å². The van der Waals surface area contributed by atoms with Gasteiger partial charge in [-0.05, 0) is 31.6 Å². The van der Waals surface area contributed by atoms with Gasteiger partial charge >= 0.3 is 5.69 Å². The monoisotopic (exact) mass is 333 g/mol. The highest BCUT2D eigenvalue weighted by Crippen LogP contribution is 2.23. The Morgan fingerprint density at radius 2 is 1.92 bits per heavy atom. The van der Waals surface area contributed by atoms with Crippen molar-refractivity contribution in [2.45, 2.75) is 45.2 Å². The Balaban J connectivity index is 1.85. The first kappa shape index (κ1) is 16.5. The number of nitrogens with one attached hydrogen (secondary N) is 1. The number of fused-ring (bicyclic) bond motifs is 1. The summed E-state index contributed by atoms with van der Waals surface area (Å²) in [7, 11) is 3.24. The lowest BCUT2D eigenvalue weighted by Crippen LogP contribution is -2.46. The van der Waals surface area contributed by atoms with Crippen molar-refractivity contribution in [3.8, 4) is 0 Å². The van der Waals surface area contributed by atoms with E-state index in [0.29, 0.717) is 17.1 Å². The fourth-order valence-corrected chi connectivity index (χ4v) is 3.36. The van der Waals surface area contributed by atoms with Gasteiger partial charge in [0.25, 0.3) is 5.56 Å². The second-order valence-electron chi connectivity index (χ2n) is 6.78. The normalized spacial score (nSPS) is 21.1. The molecule has 24 heavy (non-hydrogen) atoms. The van der Waals surface area contributed by atoms with Crippen LogP contribution in [0, 0.1) is 5.92 Å². The lowest BCUT2D eigenvalue weighted by Gasteiger charge is -2.26. The van der Waals surface area contributed by atoms with Crippen LogP contribution >= 0.6 is 0 Å². The Morgan fingerprint density at radius 3 is 2.58 bits per heavy atom. The van der Waals surface area contributed by atoms with Gasteiger partial charge in [0.2, 0.25) is 5.91 Å². The van der Waals surface area contributed by atoms with Gasteiger partial charge in [-0.3, -0.25) is 14.2 Å². The van der Waals surface area contributed by atoms with Crippen LogP contribution in [0.5, 0.6) is 0 Å². The first-order valence-corrected chi connectivity index (χ1v) is 8.28. The second-order valence-corrected chi connectivity index (χ2v) is 6.78. The van der Waals surface area contributed by atoms with E-state index >= 15 is 0 Å². The van der Waals surface area contributed by atoms with E-state index in [4.69, 9.17) is 0 Å². The maximum atomic E-state index is 12.6. The molecular formula is C16H23N5O3. The quantitative estimate of drug-likeness (QED) is 0.864. The number of carbonyl (C=O) groups excluding carboxylic acids is 1. The molecule has 130 valence electrons. The zero-order valence-corrected chi connectivity index (χ0v) is 14.3. The number of rotatable bonds is 3. The molecule has 0 bridgehead atoms. The molecule has 0 atom stereocenters. The molecule has 0 spiro atoms.